The molecule has 0 aromatic rings. The molecule has 2 rings (SSSR count). The second-order valence-electron chi connectivity index (χ2n) is 4.45. The molecule has 0 aromatic heterocycles. The van der Waals surface area contributed by atoms with Crippen LogP contribution in [-0.4, -0.2) is 36.0 Å². The number of thioether (sulfide) groups is 1. The summed E-state index contributed by atoms with van der Waals surface area (Å²) < 4.78 is 0. The SMILES string of the molecule is O=C1CCC(CNCC2CCCCS2)N1. The van der Waals surface area contributed by atoms with Crippen molar-refractivity contribution in [3.05, 3.63) is 0 Å². The fraction of sp³-hybridized carbons (Fsp3) is 0.909. The van der Waals surface area contributed by atoms with E-state index < -0.39 is 0 Å². The number of hydrogen-bond donors (Lipinski definition) is 2. The predicted molar refractivity (Wildman–Crippen MR) is 64.1 cm³/mol. The highest BCUT2D eigenvalue weighted by Gasteiger charge is 2.20. The molecule has 0 saturated carbocycles. The summed E-state index contributed by atoms with van der Waals surface area (Å²) in [6.07, 6.45) is 5.85. The Morgan fingerprint density at radius 3 is 2.93 bits per heavy atom. The van der Waals surface area contributed by atoms with E-state index >= 15 is 0 Å². The number of carbonyl (C=O) groups is 1. The first-order chi connectivity index (χ1) is 7.34. The average molecular weight is 228 g/mol. The Balaban J connectivity index is 1.56. The highest BCUT2D eigenvalue weighted by atomic mass is 32.2. The third kappa shape index (κ3) is 3.68. The molecular formula is C11H20N2OS. The lowest BCUT2D eigenvalue weighted by molar-refractivity contribution is -0.119. The zero-order chi connectivity index (χ0) is 10.5. The molecule has 0 bridgehead atoms. The van der Waals surface area contributed by atoms with Crippen molar-refractivity contribution >= 4 is 17.7 Å². The van der Waals surface area contributed by atoms with E-state index in [9.17, 15) is 4.79 Å². The van der Waals surface area contributed by atoms with Gasteiger partial charge in [-0.2, -0.15) is 11.8 Å². The normalized spacial score (nSPS) is 31.6. The Morgan fingerprint density at radius 2 is 2.27 bits per heavy atom. The molecule has 15 heavy (non-hydrogen) atoms. The third-order valence-electron chi connectivity index (χ3n) is 3.12. The Morgan fingerprint density at radius 1 is 1.33 bits per heavy atom. The van der Waals surface area contributed by atoms with Crippen molar-refractivity contribution in [3.63, 3.8) is 0 Å². The lowest BCUT2D eigenvalue weighted by Crippen LogP contribution is -2.38. The maximum Gasteiger partial charge on any atom is 0.220 e. The van der Waals surface area contributed by atoms with Crippen molar-refractivity contribution in [2.24, 2.45) is 0 Å². The number of carbonyl (C=O) groups excluding carboxylic acids is 1. The minimum absolute atomic E-state index is 0.217. The Kier molecular flexibility index (Phi) is 4.32. The molecule has 0 aliphatic carbocycles. The highest BCUT2D eigenvalue weighted by Crippen LogP contribution is 2.24. The molecule has 0 aromatic carbocycles. The van der Waals surface area contributed by atoms with Gasteiger partial charge in [0.15, 0.2) is 0 Å². The van der Waals surface area contributed by atoms with E-state index in [0.29, 0.717) is 12.5 Å². The zero-order valence-corrected chi connectivity index (χ0v) is 9.94. The third-order valence-corrected chi connectivity index (χ3v) is 4.52. The van der Waals surface area contributed by atoms with Gasteiger partial charge in [-0.3, -0.25) is 4.79 Å². The molecule has 2 saturated heterocycles. The van der Waals surface area contributed by atoms with E-state index in [1.54, 1.807) is 0 Å². The summed E-state index contributed by atoms with van der Waals surface area (Å²) in [6, 6.07) is 0.381. The molecule has 2 aliphatic heterocycles. The maximum atomic E-state index is 11.0. The summed E-state index contributed by atoms with van der Waals surface area (Å²) in [4.78, 5) is 11.0. The first-order valence-corrected chi connectivity index (χ1v) is 7.01. The van der Waals surface area contributed by atoms with E-state index in [1.807, 2.05) is 0 Å². The van der Waals surface area contributed by atoms with Gasteiger partial charge in [-0.25, -0.2) is 0 Å². The van der Waals surface area contributed by atoms with E-state index in [4.69, 9.17) is 0 Å². The van der Waals surface area contributed by atoms with Gasteiger partial charge in [-0.15, -0.1) is 0 Å². The highest BCUT2D eigenvalue weighted by molar-refractivity contribution is 7.99. The van der Waals surface area contributed by atoms with E-state index in [1.165, 1.54) is 25.0 Å². The molecule has 1 amide bonds. The Bertz CT molecular complexity index is 217. The number of amides is 1. The maximum absolute atomic E-state index is 11.0. The van der Waals surface area contributed by atoms with E-state index in [-0.39, 0.29) is 5.91 Å². The molecule has 2 atom stereocenters. The number of rotatable bonds is 4. The predicted octanol–water partition coefficient (Wildman–Crippen LogP) is 1.14. The first-order valence-electron chi connectivity index (χ1n) is 5.96. The largest absolute Gasteiger partial charge is 0.352 e. The van der Waals surface area contributed by atoms with Crippen LogP contribution in [0.4, 0.5) is 0 Å². The van der Waals surface area contributed by atoms with Crippen molar-refractivity contribution in [2.45, 2.75) is 43.4 Å². The molecule has 2 aliphatic rings. The number of hydrogen-bond acceptors (Lipinski definition) is 3. The van der Waals surface area contributed by atoms with E-state index in [0.717, 1.165) is 24.8 Å². The summed E-state index contributed by atoms with van der Waals surface area (Å²) in [5.74, 6) is 1.54. The van der Waals surface area contributed by atoms with Crippen LogP contribution < -0.4 is 10.6 Å². The lowest BCUT2D eigenvalue weighted by atomic mass is 10.2. The van der Waals surface area contributed by atoms with Crippen molar-refractivity contribution < 1.29 is 4.79 Å². The van der Waals surface area contributed by atoms with Gasteiger partial charge in [-0.1, -0.05) is 6.42 Å². The van der Waals surface area contributed by atoms with Crippen molar-refractivity contribution in [1.29, 1.82) is 0 Å². The van der Waals surface area contributed by atoms with Gasteiger partial charge >= 0.3 is 0 Å². The number of nitrogens with one attached hydrogen (secondary N) is 2. The Hall–Kier alpha value is -0.220. The second kappa shape index (κ2) is 5.75. The molecule has 3 nitrogen and oxygen atoms in total. The van der Waals surface area contributed by atoms with Crippen LogP contribution in [0.25, 0.3) is 0 Å². The van der Waals surface area contributed by atoms with Crippen LogP contribution >= 0.6 is 11.8 Å². The van der Waals surface area contributed by atoms with Crippen LogP contribution in [0.15, 0.2) is 0 Å². The summed E-state index contributed by atoms with van der Waals surface area (Å²) >= 11 is 2.10. The van der Waals surface area contributed by atoms with Crippen LogP contribution in [0.1, 0.15) is 32.1 Å². The molecule has 2 unspecified atom stereocenters. The minimum atomic E-state index is 0.217. The summed E-state index contributed by atoms with van der Waals surface area (Å²) in [5, 5.41) is 7.27. The quantitative estimate of drug-likeness (QED) is 0.758. The monoisotopic (exact) mass is 228 g/mol. The molecule has 2 N–H and O–H groups in total. The van der Waals surface area contributed by atoms with Gasteiger partial charge in [0.25, 0.3) is 0 Å². The summed E-state index contributed by atoms with van der Waals surface area (Å²) in [7, 11) is 0. The van der Waals surface area contributed by atoms with Crippen molar-refractivity contribution in [3.8, 4) is 0 Å². The van der Waals surface area contributed by atoms with E-state index in [2.05, 4.69) is 22.4 Å². The molecule has 2 heterocycles. The summed E-state index contributed by atoms with van der Waals surface area (Å²) in [6.45, 7) is 2.06. The molecule has 86 valence electrons. The van der Waals surface area contributed by atoms with Crippen molar-refractivity contribution in [2.75, 3.05) is 18.8 Å². The Labute approximate surface area is 95.8 Å². The fourth-order valence-corrected chi connectivity index (χ4v) is 3.49. The zero-order valence-electron chi connectivity index (χ0n) is 9.13. The molecule has 2 fully saturated rings. The first kappa shape index (κ1) is 11.3. The standard InChI is InChI=1S/C11H20N2OS/c14-11-5-4-9(13-11)7-12-8-10-3-1-2-6-15-10/h9-10,12H,1-8H2,(H,13,14). The fourth-order valence-electron chi connectivity index (χ4n) is 2.22. The average Bonchev–Trinajstić information content (AvgIpc) is 2.66. The minimum Gasteiger partial charge on any atom is -0.352 e. The second-order valence-corrected chi connectivity index (χ2v) is 5.86. The van der Waals surface area contributed by atoms with Gasteiger partial charge < -0.3 is 10.6 Å². The van der Waals surface area contributed by atoms with Crippen LogP contribution in [0, 0.1) is 0 Å². The van der Waals surface area contributed by atoms with Gasteiger partial charge in [0, 0.05) is 30.8 Å². The molecule has 0 spiro atoms. The van der Waals surface area contributed by atoms with Gasteiger partial charge in [0.1, 0.15) is 0 Å². The molecule has 4 heteroatoms. The topological polar surface area (TPSA) is 41.1 Å². The summed E-state index contributed by atoms with van der Waals surface area (Å²) in [5.41, 5.74) is 0. The lowest BCUT2D eigenvalue weighted by Gasteiger charge is -2.22. The van der Waals surface area contributed by atoms with Gasteiger partial charge in [0.05, 0.1) is 0 Å². The molecular weight excluding hydrogens is 208 g/mol. The smallest absolute Gasteiger partial charge is 0.220 e. The van der Waals surface area contributed by atoms with Crippen molar-refractivity contribution in [1.82, 2.24) is 10.6 Å². The van der Waals surface area contributed by atoms with Crippen LogP contribution in [0.3, 0.4) is 0 Å². The molecule has 0 radical (unpaired) electrons. The van der Waals surface area contributed by atoms with Crippen LogP contribution in [-0.2, 0) is 4.79 Å². The van der Waals surface area contributed by atoms with Crippen LogP contribution in [0.2, 0.25) is 0 Å². The van der Waals surface area contributed by atoms with Gasteiger partial charge in [0.2, 0.25) is 5.91 Å². The van der Waals surface area contributed by atoms with Gasteiger partial charge in [-0.05, 0) is 25.0 Å². The van der Waals surface area contributed by atoms with Crippen LogP contribution in [0.5, 0.6) is 0 Å².